The van der Waals surface area contributed by atoms with Gasteiger partial charge in [0.1, 0.15) is 13.2 Å². The van der Waals surface area contributed by atoms with Crippen molar-refractivity contribution in [2.75, 3.05) is 13.2 Å². The Morgan fingerprint density at radius 2 is 0.465 bits per heavy atom. The normalized spacial score (nSPS) is 12.0. The van der Waals surface area contributed by atoms with E-state index < -0.39 is 6.10 Å². The molecule has 71 heavy (non-hydrogen) atoms. The van der Waals surface area contributed by atoms with E-state index in [0.717, 1.165) is 57.8 Å². The first-order chi connectivity index (χ1) is 35.0. The fourth-order valence-electron chi connectivity index (χ4n) is 9.91. The number of esters is 3. The van der Waals surface area contributed by atoms with Crippen molar-refractivity contribution >= 4 is 17.9 Å². The summed E-state index contributed by atoms with van der Waals surface area (Å²) in [5.41, 5.74) is 0. The topological polar surface area (TPSA) is 78.9 Å². The lowest BCUT2D eigenvalue weighted by molar-refractivity contribution is -0.167. The van der Waals surface area contributed by atoms with Crippen molar-refractivity contribution in [3.8, 4) is 0 Å². The van der Waals surface area contributed by atoms with Gasteiger partial charge in [0.05, 0.1) is 0 Å². The highest BCUT2D eigenvalue weighted by molar-refractivity contribution is 5.71. The number of hydrogen-bond acceptors (Lipinski definition) is 6. The molecule has 0 amide bonds. The number of carbonyl (C=O) groups excluding carboxylic acids is 3. The molecule has 6 nitrogen and oxygen atoms in total. The molecule has 0 aliphatic heterocycles. The van der Waals surface area contributed by atoms with Gasteiger partial charge in [0.15, 0.2) is 6.10 Å². The fraction of sp³-hybridized carbons (Fsp3) is 0.923. The van der Waals surface area contributed by atoms with Crippen LogP contribution in [0, 0.1) is 0 Å². The van der Waals surface area contributed by atoms with Crippen LogP contribution in [0.1, 0.15) is 367 Å². The van der Waals surface area contributed by atoms with Crippen LogP contribution < -0.4 is 0 Å². The number of hydrogen-bond donors (Lipinski definition) is 0. The first-order valence-electron chi connectivity index (χ1n) is 32.2. The highest BCUT2D eigenvalue weighted by Crippen LogP contribution is 2.18. The summed E-state index contributed by atoms with van der Waals surface area (Å²) in [5, 5.41) is 0. The van der Waals surface area contributed by atoms with Gasteiger partial charge in [0.25, 0.3) is 0 Å². The second-order valence-corrected chi connectivity index (χ2v) is 22.0. The number of carbonyl (C=O) groups is 3. The SMILES string of the molecule is CCCCCCCCCC/C=C\CCCCCCCCCCCCCC(=O)OCC(COC(=O)CCCCCCCCCCC)OC(=O)CCCCCCCCCCCCCCCCCCCCCCC. The Morgan fingerprint density at radius 3 is 0.704 bits per heavy atom. The van der Waals surface area contributed by atoms with E-state index in [1.165, 1.54) is 270 Å². The minimum atomic E-state index is -0.764. The molecular weight excluding hydrogens is 877 g/mol. The van der Waals surface area contributed by atoms with Crippen LogP contribution in [0.4, 0.5) is 0 Å². The second-order valence-electron chi connectivity index (χ2n) is 22.0. The lowest BCUT2D eigenvalue weighted by Gasteiger charge is -2.18. The molecule has 1 atom stereocenters. The third-order valence-electron chi connectivity index (χ3n) is 14.8. The number of ether oxygens (including phenoxy) is 3. The minimum absolute atomic E-state index is 0.0641. The highest BCUT2D eigenvalue weighted by atomic mass is 16.6. The zero-order valence-electron chi connectivity index (χ0n) is 48.3. The zero-order valence-corrected chi connectivity index (χ0v) is 48.3. The van der Waals surface area contributed by atoms with Gasteiger partial charge in [0, 0.05) is 19.3 Å². The van der Waals surface area contributed by atoms with Crippen LogP contribution in [0.3, 0.4) is 0 Å². The van der Waals surface area contributed by atoms with Crippen LogP contribution in [0.5, 0.6) is 0 Å². The number of rotatable bonds is 60. The van der Waals surface area contributed by atoms with Gasteiger partial charge in [-0.2, -0.15) is 0 Å². The maximum absolute atomic E-state index is 12.9. The average Bonchev–Trinajstić information content (AvgIpc) is 3.37. The molecule has 0 fully saturated rings. The summed E-state index contributed by atoms with van der Waals surface area (Å²) in [4.78, 5) is 38.2. The fourth-order valence-corrected chi connectivity index (χ4v) is 9.91. The first-order valence-corrected chi connectivity index (χ1v) is 32.2. The Kier molecular flexibility index (Phi) is 59.1. The molecule has 0 aliphatic rings. The largest absolute Gasteiger partial charge is 0.462 e. The van der Waals surface area contributed by atoms with Gasteiger partial charge in [-0.1, -0.05) is 315 Å². The molecule has 0 aromatic heterocycles. The lowest BCUT2D eigenvalue weighted by atomic mass is 10.0. The summed E-state index contributed by atoms with van der Waals surface area (Å²) in [6, 6.07) is 0. The van der Waals surface area contributed by atoms with E-state index in [1.54, 1.807) is 0 Å². The zero-order chi connectivity index (χ0) is 51.4. The Morgan fingerprint density at radius 1 is 0.268 bits per heavy atom. The van der Waals surface area contributed by atoms with E-state index in [2.05, 4.69) is 32.9 Å². The molecule has 0 aliphatic carbocycles. The van der Waals surface area contributed by atoms with Crippen LogP contribution >= 0.6 is 0 Å². The maximum Gasteiger partial charge on any atom is 0.306 e. The molecule has 6 heteroatoms. The lowest BCUT2D eigenvalue weighted by Crippen LogP contribution is -2.30. The molecule has 0 saturated heterocycles. The molecule has 0 radical (unpaired) electrons. The van der Waals surface area contributed by atoms with E-state index in [0.29, 0.717) is 19.3 Å². The van der Waals surface area contributed by atoms with Crippen molar-refractivity contribution in [3.63, 3.8) is 0 Å². The van der Waals surface area contributed by atoms with E-state index >= 15 is 0 Å². The van der Waals surface area contributed by atoms with Crippen LogP contribution in [0.2, 0.25) is 0 Å². The van der Waals surface area contributed by atoms with Crippen molar-refractivity contribution in [1.29, 1.82) is 0 Å². The quantitative estimate of drug-likeness (QED) is 0.0261. The van der Waals surface area contributed by atoms with Crippen molar-refractivity contribution < 1.29 is 28.6 Å². The van der Waals surface area contributed by atoms with Crippen LogP contribution in [0.15, 0.2) is 12.2 Å². The third-order valence-corrected chi connectivity index (χ3v) is 14.8. The predicted octanol–water partition coefficient (Wildman–Crippen LogP) is 21.7. The molecule has 0 spiro atoms. The minimum Gasteiger partial charge on any atom is -0.462 e. The smallest absolute Gasteiger partial charge is 0.306 e. The van der Waals surface area contributed by atoms with E-state index in [4.69, 9.17) is 14.2 Å². The average molecular weight is 1000 g/mol. The molecule has 0 aromatic rings. The van der Waals surface area contributed by atoms with Gasteiger partial charge in [-0.15, -0.1) is 0 Å². The molecule has 0 saturated carbocycles. The summed E-state index contributed by atoms with van der Waals surface area (Å²) in [6.07, 6.45) is 70.9. The van der Waals surface area contributed by atoms with Crippen LogP contribution in [0.25, 0.3) is 0 Å². The van der Waals surface area contributed by atoms with Gasteiger partial charge < -0.3 is 14.2 Å². The van der Waals surface area contributed by atoms with Gasteiger partial charge in [-0.3, -0.25) is 14.4 Å². The van der Waals surface area contributed by atoms with Crippen LogP contribution in [-0.4, -0.2) is 37.2 Å². The van der Waals surface area contributed by atoms with Crippen molar-refractivity contribution in [3.05, 3.63) is 12.2 Å². The predicted molar refractivity (Wildman–Crippen MR) is 307 cm³/mol. The summed E-state index contributed by atoms with van der Waals surface area (Å²) in [7, 11) is 0. The van der Waals surface area contributed by atoms with Crippen molar-refractivity contribution in [2.24, 2.45) is 0 Å². The Hall–Kier alpha value is -1.85. The molecular formula is C65H124O6. The molecule has 0 N–H and O–H groups in total. The summed E-state index contributed by atoms with van der Waals surface area (Å²) in [6.45, 7) is 6.69. The van der Waals surface area contributed by atoms with Gasteiger partial charge in [0.2, 0.25) is 0 Å². The van der Waals surface area contributed by atoms with Crippen molar-refractivity contribution in [2.45, 2.75) is 374 Å². The standard InChI is InChI=1S/C65H124O6/c1-4-7-10-13-16-19-21-23-25-27-29-31-32-34-35-37-39-41-43-46-49-52-55-58-64(67)70-61-62(60-69-63(66)57-54-51-48-45-18-15-12-9-6-3)71-65(68)59-56-53-50-47-44-42-40-38-36-33-30-28-26-24-22-20-17-14-11-8-5-2/h27,29,62H,4-26,28,30-61H2,1-3H3/b29-27-. The first kappa shape index (κ1) is 69.2. The van der Waals surface area contributed by atoms with Crippen molar-refractivity contribution in [1.82, 2.24) is 0 Å². The van der Waals surface area contributed by atoms with Gasteiger partial charge in [-0.25, -0.2) is 0 Å². The highest BCUT2D eigenvalue weighted by Gasteiger charge is 2.19. The monoisotopic (exact) mass is 1000 g/mol. The Balaban J connectivity index is 4.15. The van der Waals surface area contributed by atoms with E-state index in [-0.39, 0.29) is 31.1 Å². The maximum atomic E-state index is 12.9. The summed E-state index contributed by atoms with van der Waals surface area (Å²) in [5.74, 6) is -0.839. The van der Waals surface area contributed by atoms with Crippen LogP contribution in [-0.2, 0) is 28.6 Å². The van der Waals surface area contributed by atoms with Gasteiger partial charge >= 0.3 is 17.9 Å². The molecule has 0 aromatic carbocycles. The number of allylic oxidation sites excluding steroid dienone is 2. The van der Waals surface area contributed by atoms with E-state index in [9.17, 15) is 14.4 Å². The Labute approximate surface area is 443 Å². The molecule has 1 unspecified atom stereocenters. The van der Waals surface area contributed by atoms with Gasteiger partial charge in [-0.05, 0) is 44.9 Å². The molecule has 0 rings (SSSR count). The Bertz CT molecular complexity index is 1100. The summed E-state index contributed by atoms with van der Waals surface area (Å²) < 4.78 is 16.9. The molecule has 0 heterocycles. The van der Waals surface area contributed by atoms with E-state index in [1.807, 2.05) is 0 Å². The number of unbranched alkanes of at least 4 members (excludes halogenated alkanes) is 47. The molecule has 0 bridgehead atoms. The third kappa shape index (κ3) is 58.9. The second kappa shape index (κ2) is 60.7. The molecule has 420 valence electrons. The summed E-state index contributed by atoms with van der Waals surface area (Å²) >= 11 is 0.